The van der Waals surface area contributed by atoms with E-state index < -0.39 is 0 Å². The molecule has 0 amide bonds. The Morgan fingerprint density at radius 3 is 2.76 bits per heavy atom. The van der Waals surface area contributed by atoms with Gasteiger partial charge in [-0.25, -0.2) is 10.0 Å². The van der Waals surface area contributed by atoms with E-state index in [4.69, 9.17) is 9.84 Å². The van der Waals surface area contributed by atoms with Crippen LogP contribution in [0.2, 0.25) is 0 Å². The minimum atomic E-state index is 0.154. The summed E-state index contributed by atoms with van der Waals surface area (Å²) in [5.74, 6) is 0.876. The molecular formula is C11H22N4O2. The number of morpholine rings is 1. The Morgan fingerprint density at radius 1 is 1.41 bits per heavy atom. The Labute approximate surface area is 102 Å². The molecule has 0 aliphatic carbocycles. The molecule has 2 aliphatic rings. The molecule has 0 spiro atoms. The lowest BCUT2D eigenvalue weighted by atomic mass is 10.2. The molecule has 0 radical (unpaired) electrons. The van der Waals surface area contributed by atoms with Crippen molar-refractivity contribution in [2.24, 2.45) is 4.99 Å². The van der Waals surface area contributed by atoms with Crippen LogP contribution in [0, 0.1) is 0 Å². The van der Waals surface area contributed by atoms with E-state index in [1.165, 1.54) is 0 Å². The Morgan fingerprint density at radius 2 is 2.12 bits per heavy atom. The standard InChI is InChI=1S/C11H22N4O2/c1-9-10(2)15(3-6-16)11(12-9)13-14-4-7-17-8-5-14/h9-10,16H,3-8H2,1-2H3,(H,12,13). The minimum Gasteiger partial charge on any atom is -0.395 e. The third-order valence-corrected chi connectivity index (χ3v) is 3.40. The molecular weight excluding hydrogens is 220 g/mol. The van der Waals surface area contributed by atoms with Crippen molar-refractivity contribution in [3.63, 3.8) is 0 Å². The number of β-amino-alcohol motifs (C(OH)–C–C–N with tert-alkyl or cyclic N) is 1. The Hall–Kier alpha value is -0.850. The first-order valence-corrected chi connectivity index (χ1v) is 6.27. The van der Waals surface area contributed by atoms with Gasteiger partial charge >= 0.3 is 0 Å². The van der Waals surface area contributed by atoms with Gasteiger partial charge in [-0.1, -0.05) is 0 Å². The van der Waals surface area contributed by atoms with Gasteiger partial charge < -0.3 is 14.7 Å². The Bertz CT molecular complexity index is 279. The van der Waals surface area contributed by atoms with Crippen LogP contribution in [0.4, 0.5) is 0 Å². The number of ether oxygens (including phenoxy) is 1. The Kier molecular flexibility index (Phi) is 4.20. The van der Waals surface area contributed by atoms with Crippen molar-refractivity contribution in [2.75, 3.05) is 39.5 Å². The molecule has 0 aromatic rings. The van der Waals surface area contributed by atoms with Crippen LogP contribution in [0.3, 0.4) is 0 Å². The molecule has 2 heterocycles. The maximum atomic E-state index is 9.10. The van der Waals surface area contributed by atoms with Gasteiger partial charge in [-0.05, 0) is 13.8 Å². The number of hydrogen-bond donors (Lipinski definition) is 2. The van der Waals surface area contributed by atoms with E-state index in [2.05, 4.69) is 34.2 Å². The summed E-state index contributed by atoms with van der Waals surface area (Å²) in [4.78, 5) is 6.73. The van der Waals surface area contributed by atoms with E-state index >= 15 is 0 Å². The first kappa shape index (κ1) is 12.6. The van der Waals surface area contributed by atoms with Crippen molar-refractivity contribution in [1.29, 1.82) is 0 Å². The molecule has 98 valence electrons. The van der Waals surface area contributed by atoms with E-state index in [1.807, 2.05) is 0 Å². The van der Waals surface area contributed by atoms with Gasteiger partial charge in [0.15, 0.2) is 0 Å². The molecule has 0 aromatic heterocycles. The molecule has 2 unspecified atom stereocenters. The second kappa shape index (κ2) is 5.66. The molecule has 2 N–H and O–H groups in total. The average Bonchev–Trinajstić information content (AvgIpc) is 2.59. The largest absolute Gasteiger partial charge is 0.395 e. The number of aliphatic imine (C=N–C) groups is 1. The fourth-order valence-electron chi connectivity index (χ4n) is 2.16. The summed E-state index contributed by atoms with van der Waals surface area (Å²) in [6, 6.07) is 0.607. The number of hydrogen-bond acceptors (Lipinski definition) is 6. The maximum Gasteiger partial charge on any atom is 0.209 e. The molecule has 6 nitrogen and oxygen atoms in total. The predicted molar refractivity (Wildman–Crippen MR) is 65.7 cm³/mol. The molecule has 0 aromatic carbocycles. The highest BCUT2D eigenvalue weighted by atomic mass is 16.5. The van der Waals surface area contributed by atoms with Gasteiger partial charge in [0.25, 0.3) is 0 Å². The number of nitrogens with zero attached hydrogens (tertiary/aromatic N) is 3. The summed E-state index contributed by atoms with van der Waals surface area (Å²) in [5.41, 5.74) is 3.33. The zero-order valence-corrected chi connectivity index (χ0v) is 10.6. The van der Waals surface area contributed by atoms with E-state index in [1.54, 1.807) is 0 Å². The maximum absolute atomic E-state index is 9.10. The third-order valence-electron chi connectivity index (χ3n) is 3.40. The molecule has 0 bridgehead atoms. The fraction of sp³-hybridized carbons (Fsp3) is 0.909. The summed E-state index contributed by atoms with van der Waals surface area (Å²) in [6.07, 6.45) is 0. The zero-order chi connectivity index (χ0) is 12.3. The molecule has 0 saturated carbocycles. The summed E-state index contributed by atoms with van der Waals surface area (Å²) < 4.78 is 5.31. The summed E-state index contributed by atoms with van der Waals surface area (Å²) in [6.45, 7) is 8.27. The fourth-order valence-corrected chi connectivity index (χ4v) is 2.16. The zero-order valence-electron chi connectivity index (χ0n) is 10.6. The molecule has 1 fully saturated rings. The molecule has 1 saturated heterocycles. The van der Waals surface area contributed by atoms with Gasteiger partial charge in [-0.15, -0.1) is 0 Å². The lowest BCUT2D eigenvalue weighted by molar-refractivity contribution is 0.0224. The van der Waals surface area contributed by atoms with E-state index in [-0.39, 0.29) is 12.6 Å². The van der Waals surface area contributed by atoms with E-state index in [0.717, 1.165) is 32.3 Å². The second-order valence-electron chi connectivity index (χ2n) is 4.56. The topological polar surface area (TPSA) is 60.3 Å². The van der Waals surface area contributed by atoms with Gasteiger partial charge in [0.05, 0.1) is 31.9 Å². The van der Waals surface area contributed by atoms with Gasteiger partial charge in [0, 0.05) is 19.6 Å². The van der Waals surface area contributed by atoms with Crippen molar-refractivity contribution in [3.05, 3.63) is 0 Å². The quantitative estimate of drug-likeness (QED) is 0.683. The van der Waals surface area contributed by atoms with Crippen LogP contribution in [-0.2, 0) is 4.74 Å². The Balaban J connectivity index is 1.95. The highest BCUT2D eigenvalue weighted by molar-refractivity contribution is 5.82. The molecule has 17 heavy (non-hydrogen) atoms. The smallest absolute Gasteiger partial charge is 0.209 e. The highest BCUT2D eigenvalue weighted by Crippen LogP contribution is 2.15. The minimum absolute atomic E-state index is 0.154. The second-order valence-corrected chi connectivity index (χ2v) is 4.56. The van der Waals surface area contributed by atoms with Gasteiger partial charge in [-0.3, -0.25) is 5.43 Å². The summed E-state index contributed by atoms with van der Waals surface area (Å²) in [7, 11) is 0. The van der Waals surface area contributed by atoms with Gasteiger partial charge in [0.1, 0.15) is 0 Å². The summed E-state index contributed by atoms with van der Waals surface area (Å²) in [5, 5.41) is 11.2. The molecule has 2 rings (SSSR count). The normalized spacial score (nSPS) is 30.5. The van der Waals surface area contributed by atoms with E-state index in [9.17, 15) is 0 Å². The molecule has 2 aliphatic heterocycles. The number of guanidine groups is 1. The van der Waals surface area contributed by atoms with Crippen LogP contribution in [0.1, 0.15) is 13.8 Å². The summed E-state index contributed by atoms with van der Waals surface area (Å²) >= 11 is 0. The number of nitrogens with one attached hydrogen (secondary N) is 1. The van der Waals surface area contributed by atoms with Crippen molar-refractivity contribution >= 4 is 5.96 Å². The van der Waals surface area contributed by atoms with Crippen molar-refractivity contribution in [1.82, 2.24) is 15.3 Å². The van der Waals surface area contributed by atoms with Crippen LogP contribution in [0.25, 0.3) is 0 Å². The molecule has 2 atom stereocenters. The van der Waals surface area contributed by atoms with Crippen LogP contribution < -0.4 is 5.43 Å². The first-order chi connectivity index (χ1) is 8.22. The van der Waals surface area contributed by atoms with Crippen molar-refractivity contribution in [3.8, 4) is 0 Å². The monoisotopic (exact) mass is 242 g/mol. The SMILES string of the molecule is CC1N=C(NN2CCOCC2)N(CCO)C1C. The van der Waals surface area contributed by atoms with Crippen molar-refractivity contribution in [2.45, 2.75) is 25.9 Å². The van der Waals surface area contributed by atoms with Crippen molar-refractivity contribution < 1.29 is 9.84 Å². The number of hydrazine groups is 1. The van der Waals surface area contributed by atoms with Gasteiger partial charge in [0.2, 0.25) is 5.96 Å². The lowest BCUT2D eigenvalue weighted by Gasteiger charge is -2.32. The lowest BCUT2D eigenvalue weighted by Crippen LogP contribution is -2.54. The first-order valence-electron chi connectivity index (χ1n) is 6.27. The van der Waals surface area contributed by atoms with Crippen LogP contribution in [0.5, 0.6) is 0 Å². The van der Waals surface area contributed by atoms with Crippen LogP contribution in [0.15, 0.2) is 4.99 Å². The number of aliphatic hydroxyl groups is 1. The number of rotatable bonds is 3. The molecule has 6 heteroatoms. The predicted octanol–water partition coefficient (Wildman–Crippen LogP) is -0.736. The average molecular weight is 242 g/mol. The number of aliphatic hydroxyl groups excluding tert-OH is 1. The van der Waals surface area contributed by atoms with Crippen LogP contribution >= 0.6 is 0 Å². The van der Waals surface area contributed by atoms with Gasteiger partial charge in [-0.2, -0.15) is 0 Å². The van der Waals surface area contributed by atoms with Crippen LogP contribution in [-0.4, -0.2) is 72.5 Å². The highest BCUT2D eigenvalue weighted by Gasteiger charge is 2.30. The van der Waals surface area contributed by atoms with E-state index in [0.29, 0.717) is 12.6 Å². The third kappa shape index (κ3) is 2.88.